The first-order valence-electron chi connectivity index (χ1n) is 14.4. The molecule has 42 heavy (non-hydrogen) atoms. The van der Waals surface area contributed by atoms with Gasteiger partial charge in [-0.3, -0.25) is 24.7 Å². The number of nitro benzene ring substituents is 1. The molecule has 2 aliphatic heterocycles. The molecule has 5 N–H and O–H groups in total. The minimum atomic E-state index is -0.892. The fourth-order valence-electron chi connectivity index (χ4n) is 5.91. The van der Waals surface area contributed by atoms with Gasteiger partial charge in [0.1, 0.15) is 0 Å². The Labute approximate surface area is 246 Å². The molecule has 2 amide bonds. The molecule has 2 heterocycles. The molecule has 0 aromatic heterocycles. The van der Waals surface area contributed by atoms with E-state index in [4.69, 9.17) is 16.2 Å². The van der Waals surface area contributed by atoms with Crippen LogP contribution in [0.3, 0.4) is 0 Å². The molecule has 0 saturated carbocycles. The van der Waals surface area contributed by atoms with E-state index in [9.17, 15) is 19.7 Å². The van der Waals surface area contributed by atoms with Crippen molar-refractivity contribution in [3.8, 4) is 0 Å². The van der Waals surface area contributed by atoms with Crippen molar-refractivity contribution in [1.82, 2.24) is 10.2 Å². The van der Waals surface area contributed by atoms with Crippen molar-refractivity contribution in [3.05, 3.63) is 87.1 Å². The molecule has 1 fully saturated rings. The largest absolute Gasteiger partial charge is 0.374 e. The van der Waals surface area contributed by atoms with Crippen molar-refractivity contribution < 1.29 is 19.2 Å². The summed E-state index contributed by atoms with van der Waals surface area (Å²) in [5, 5.41) is 14.3. The van der Waals surface area contributed by atoms with Crippen LogP contribution in [0.5, 0.6) is 0 Å². The molecule has 2 aromatic carbocycles. The van der Waals surface area contributed by atoms with E-state index >= 15 is 0 Å². The number of carbonyl (C=O) groups excluding carboxylic acids is 2. The molecule has 0 spiro atoms. The van der Waals surface area contributed by atoms with Gasteiger partial charge in [0.15, 0.2) is 0 Å². The van der Waals surface area contributed by atoms with Gasteiger partial charge in [-0.25, -0.2) is 0 Å². The highest BCUT2D eigenvalue weighted by Crippen LogP contribution is 2.39. The SMILES string of the molecule is CC1=NC(COCCN)=C(C(=O)NCCCN2CCC(c3ccccc3)CC2)C(c2ccc([N+](=O)[O-])cc2)C1C(N)=O. The number of benzene rings is 2. The van der Waals surface area contributed by atoms with Gasteiger partial charge in [0.25, 0.3) is 5.69 Å². The second kappa shape index (κ2) is 14.8. The Balaban J connectivity index is 1.46. The van der Waals surface area contributed by atoms with Gasteiger partial charge < -0.3 is 26.4 Å². The first-order valence-corrected chi connectivity index (χ1v) is 14.4. The number of aliphatic imine (C=N–C) groups is 1. The maximum Gasteiger partial charge on any atom is 0.269 e. The van der Waals surface area contributed by atoms with Crippen molar-refractivity contribution in [1.29, 1.82) is 0 Å². The number of nitrogens with one attached hydrogen (secondary N) is 1. The highest BCUT2D eigenvalue weighted by molar-refractivity contribution is 6.09. The van der Waals surface area contributed by atoms with E-state index in [1.54, 1.807) is 19.1 Å². The van der Waals surface area contributed by atoms with E-state index < -0.39 is 22.7 Å². The van der Waals surface area contributed by atoms with Gasteiger partial charge in [-0.05, 0) is 62.9 Å². The monoisotopic (exact) mass is 576 g/mol. The van der Waals surface area contributed by atoms with Crippen molar-refractivity contribution in [2.24, 2.45) is 22.4 Å². The number of rotatable bonds is 13. The number of nitrogens with two attached hydrogens (primary N) is 2. The fourth-order valence-corrected chi connectivity index (χ4v) is 5.91. The molecule has 2 aromatic rings. The Morgan fingerprint density at radius 3 is 2.40 bits per heavy atom. The van der Waals surface area contributed by atoms with Crippen molar-refractivity contribution in [2.45, 2.75) is 38.0 Å². The molecule has 2 unspecified atom stereocenters. The summed E-state index contributed by atoms with van der Waals surface area (Å²) in [6.07, 6.45) is 2.98. The number of hydrogen-bond donors (Lipinski definition) is 3. The average molecular weight is 577 g/mol. The van der Waals surface area contributed by atoms with Crippen LogP contribution in [-0.4, -0.2) is 73.3 Å². The van der Waals surface area contributed by atoms with Crippen molar-refractivity contribution >= 4 is 23.2 Å². The highest BCUT2D eigenvalue weighted by atomic mass is 16.6. The Bertz CT molecular complexity index is 1300. The molecule has 4 rings (SSSR count). The lowest BCUT2D eigenvalue weighted by molar-refractivity contribution is -0.384. The first-order chi connectivity index (χ1) is 20.3. The van der Waals surface area contributed by atoms with Crippen molar-refractivity contribution in [2.75, 3.05) is 45.9 Å². The normalized spacial score (nSPS) is 19.8. The van der Waals surface area contributed by atoms with E-state index in [-0.39, 0.29) is 30.4 Å². The smallest absolute Gasteiger partial charge is 0.269 e. The Kier molecular flexibility index (Phi) is 10.9. The first kappa shape index (κ1) is 31.0. The zero-order valence-corrected chi connectivity index (χ0v) is 24.0. The lowest BCUT2D eigenvalue weighted by atomic mass is 9.75. The van der Waals surface area contributed by atoms with E-state index in [0.29, 0.717) is 36.0 Å². The molecule has 0 aliphatic carbocycles. The lowest BCUT2D eigenvalue weighted by Crippen LogP contribution is -2.42. The van der Waals surface area contributed by atoms with Gasteiger partial charge in [0.05, 0.1) is 29.8 Å². The predicted molar refractivity (Wildman–Crippen MR) is 161 cm³/mol. The molecule has 2 aliphatic rings. The quantitative estimate of drug-likeness (QED) is 0.187. The Morgan fingerprint density at radius 1 is 1.10 bits per heavy atom. The summed E-state index contributed by atoms with van der Waals surface area (Å²) < 4.78 is 5.64. The third-order valence-corrected chi connectivity index (χ3v) is 8.03. The highest BCUT2D eigenvalue weighted by Gasteiger charge is 2.41. The summed E-state index contributed by atoms with van der Waals surface area (Å²) in [4.78, 5) is 44.1. The number of non-ortho nitro benzene ring substituents is 1. The molecule has 1 saturated heterocycles. The summed E-state index contributed by atoms with van der Waals surface area (Å²) in [5.41, 5.74) is 14.4. The fraction of sp³-hybridized carbons (Fsp3) is 0.452. The van der Waals surface area contributed by atoms with Crippen LogP contribution in [0.25, 0.3) is 0 Å². The lowest BCUT2D eigenvalue weighted by Gasteiger charge is -2.33. The van der Waals surface area contributed by atoms with Gasteiger partial charge in [0.2, 0.25) is 11.8 Å². The van der Waals surface area contributed by atoms with Crippen molar-refractivity contribution in [3.63, 3.8) is 0 Å². The maximum atomic E-state index is 13.7. The van der Waals surface area contributed by atoms with E-state index in [1.165, 1.54) is 17.7 Å². The van der Waals surface area contributed by atoms with Gasteiger partial charge in [-0.1, -0.05) is 42.5 Å². The van der Waals surface area contributed by atoms with Crippen LogP contribution in [-0.2, 0) is 14.3 Å². The van der Waals surface area contributed by atoms with Crippen LogP contribution in [0.2, 0.25) is 0 Å². The maximum absolute atomic E-state index is 13.7. The predicted octanol–water partition coefficient (Wildman–Crippen LogP) is 2.87. The number of likely N-dealkylation sites (tertiary alicyclic amines) is 1. The minimum Gasteiger partial charge on any atom is -0.374 e. The second-order valence-corrected chi connectivity index (χ2v) is 10.8. The zero-order chi connectivity index (χ0) is 30.1. The summed E-state index contributed by atoms with van der Waals surface area (Å²) in [6, 6.07) is 16.4. The Hall–Kier alpha value is -3.93. The van der Waals surface area contributed by atoms with E-state index in [2.05, 4.69) is 39.5 Å². The molecule has 224 valence electrons. The van der Waals surface area contributed by atoms with Crippen LogP contribution < -0.4 is 16.8 Å². The molecule has 0 radical (unpaired) electrons. The average Bonchev–Trinajstić information content (AvgIpc) is 2.99. The number of amides is 2. The topological polar surface area (TPSA) is 166 Å². The molecular formula is C31H40N6O5. The molecular weight excluding hydrogens is 536 g/mol. The Morgan fingerprint density at radius 2 is 1.79 bits per heavy atom. The number of hydrogen-bond acceptors (Lipinski definition) is 8. The molecule has 11 nitrogen and oxygen atoms in total. The number of carbonyl (C=O) groups is 2. The summed E-state index contributed by atoms with van der Waals surface area (Å²) in [6.45, 7) is 5.62. The third-order valence-electron chi connectivity index (χ3n) is 8.03. The van der Waals surface area contributed by atoms with Gasteiger partial charge in [-0.15, -0.1) is 0 Å². The van der Waals surface area contributed by atoms with Gasteiger partial charge >= 0.3 is 0 Å². The summed E-state index contributed by atoms with van der Waals surface area (Å²) >= 11 is 0. The molecule has 2 atom stereocenters. The number of piperidine rings is 1. The van der Waals surface area contributed by atoms with Crippen LogP contribution in [0.4, 0.5) is 5.69 Å². The molecule has 11 heteroatoms. The molecule has 0 bridgehead atoms. The summed E-state index contributed by atoms with van der Waals surface area (Å²) in [5.74, 6) is -2.08. The minimum absolute atomic E-state index is 0.0304. The van der Waals surface area contributed by atoms with Crippen LogP contribution in [0, 0.1) is 16.0 Å². The number of primary amides is 1. The zero-order valence-electron chi connectivity index (χ0n) is 24.0. The van der Waals surface area contributed by atoms with Crippen LogP contribution in [0.15, 0.2) is 70.9 Å². The van der Waals surface area contributed by atoms with Crippen LogP contribution in [0.1, 0.15) is 49.1 Å². The number of nitro groups is 1. The third kappa shape index (κ3) is 7.67. The van der Waals surface area contributed by atoms with E-state index in [0.717, 1.165) is 38.9 Å². The standard InChI is InChI=1S/C31H40N6O5/c1-21-27(30(33)38)28(24-8-10-25(11-9-24)37(40)41)29(26(35-21)20-42-19-14-32)31(39)34-15-5-16-36-17-12-23(13-18-36)22-6-3-2-4-7-22/h2-4,6-11,23,27-28H,5,12-20,32H2,1H3,(H2,33,38)(H,34,39). The number of nitrogens with zero attached hydrogens (tertiary/aromatic N) is 3. The van der Waals surface area contributed by atoms with E-state index in [1.807, 2.05) is 6.07 Å². The summed E-state index contributed by atoms with van der Waals surface area (Å²) in [7, 11) is 0. The second-order valence-electron chi connectivity index (χ2n) is 10.8. The van der Waals surface area contributed by atoms with Gasteiger partial charge in [0, 0.05) is 42.4 Å². The van der Waals surface area contributed by atoms with Gasteiger partial charge in [-0.2, -0.15) is 0 Å². The number of ether oxygens (including phenoxy) is 1. The van der Waals surface area contributed by atoms with Crippen LogP contribution >= 0.6 is 0 Å².